The van der Waals surface area contributed by atoms with Crippen LogP contribution in [0.4, 0.5) is 0 Å². The highest BCUT2D eigenvalue weighted by Gasteiger charge is 2.68. The molecule has 2 fully saturated rings. The lowest BCUT2D eigenvalue weighted by molar-refractivity contribution is -0.429. The molecule has 0 amide bonds. The largest absolute Gasteiger partial charge is 0.487 e. The van der Waals surface area contributed by atoms with Gasteiger partial charge >= 0.3 is 0 Å². The molecule has 0 aromatic rings. The van der Waals surface area contributed by atoms with Crippen LogP contribution in [-0.4, -0.2) is 82.6 Å². The number of aliphatic hydroxyl groups excluding tert-OH is 2. The van der Waals surface area contributed by atoms with Gasteiger partial charge in [-0.1, -0.05) is 20.4 Å². The maximum absolute atomic E-state index is 11.6. The Bertz CT molecular complexity index is 653. The van der Waals surface area contributed by atoms with Gasteiger partial charge in [0.25, 0.3) is 0 Å². The second-order valence-corrected chi connectivity index (χ2v) is 9.48. The van der Waals surface area contributed by atoms with Crippen molar-refractivity contribution in [3.63, 3.8) is 0 Å². The van der Waals surface area contributed by atoms with Crippen LogP contribution in [0.3, 0.4) is 0 Å². The van der Waals surface area contributed by atoms with Crippen LogP contribution in [0.1, 0.15) is 54.9 Å². The van der Waals surface area contributed by atoms with Crippen LogP contribution in [0, 0.1) is 5.92 Å². The van der Waals surface area contributed by atoms with Crippen LogP contribution in [0.15, 0.2) is 12.3 Å². The molecule has 0 aliphatic carbocycles. The molecule has 8 heteroatoms. The Morgan fingerprint density at radius 2 is 1.67 bits per heavy atom. The first-order valence-electron chi connectivity index (χ1n) is 10.5. The lowest BCUT2D eigenvalue weighted by Crippen LogP contribution is -2.77. The number of methoxy groups -OCH3 is 2. The van der Waals surface area contributed by atoms with E-state index in [-0.39, 0.29) is 18.3 Å². The predicted molar refractivity (Wildman–Crippen MR) is 111 cm³/mol. The number of aliphatic hydroxyl groups is 3. The molecule has 2 aliphatic rings. The Morgan fingerprint density at radius 1 is 1.10 bits per heavy atom. The highest BCUT2D eigenvalue weighted by molar-refractivity contribution is 5.19. The van der Waals surface area contributed by atoms with Crippen molar-refractivity contribution in [3.8, 4) is 0 Å². The van der Waals surface area contributed by atoms with Crippen LogP contribution in [0.5, 0.6) is 0 Å². The Balaban J connectivity index is 2.53. The molecule has 2 rings (SSSR count). The first-order valence-corrected chi connectivity index (χ1v) is 10.5. The zero-order chi connectivity index (χ0) is 23.3. The molecule has 30 heavy (non-hydrogen) atoms. The van der Waals surface area contributed by atoms with E-state index in [9.17, 15) is 15.3 Å². The van der Waals surface area contributed by atoms with Gasteiger partial charge in [0.1, 0.15) is 40.4 Å². The molecular weight excluding hydrogens is 392 g/mol. The molecule has 0 saturated carbocycles. The molecular formula is C22H40O8. The zero-order valence-electron chi connectivity index (χ0n) is 19.8. The third-order valence-corrected chi connectivity index (χ3v) is 8.04. The van der Waals surface area contributed by atoms with E-state index in [0.29, 0.717) is 6.42 Å². The van der Waals surface area contributed by atoms with Crippen molar-refractivity contribution < 1.29 is 39.0 Å². The van der Waals surface area contributed by atoms with Gasteiger partial charge in [-0.05, 0) is 41.0 Å². The minimum absolute atomic E-state index is 0.257. The maximum atomic E-state index is 11.6. The summed E-state index contributed by atoms with van der Waals surface area (Å²) in [5, 5.41) is 32.7. The van der Waals surface area contributed by atoms with Gasteiger partial charge in [0.05, 0.1) is 12.7 Å². The Labute approximate surface area is 180 Å². The summed E-state index contributed by atoms with van der Waals surface area (Å²) in [5.41, 5.74) is -4.90. The minimum atomic E-state index is -1.65. The standard InChI is InChI=1S/C22H40O8/c1-11-18(4)17(24)19(5,26-9)16(14(3)28-18)30-22(8)21(7,25)20(6,27-10)13(2)15(12-23)29-22/h13,15-17,23-25H,3,11-12H2,1-2,4-10H3/t13-,15?,16+,17?,18+,19?,20+,21?,22-/m0/s1. The van der Waals surface area contributed by atoms with Crippen molar-refractivity contribution in [2.24, 2.45) is 5.92 Å². The number of hydrogen-bond acceptors (Lipinski definition) is 8. The monoisotopic (exact) mass is 432 g/mol. The fourth-order valence-electron chi connectivity index (χ4n) is 4.85. The van der Waals surface area contributed by atoms with E-state index in [1.165, 1.54) is 14.2 Å². The van der Waals surface area contributed by atoms with Crippen LogP contribution in [0.2, 0.25) is 0 Å². The van der Waals surface area contributed by atoms with Crippen LogP contribution < -0.4 is 0 Å². The lowest BCUT2D eigenvalue weighted by atomic mass is 9.67. The Morgan fingerprint density at radius 3 is 2.10 bits per heavy atom. The van der Waals surface area contributed by atoms with Crippen molar-refractivity contribution in [2.75, 3.05) is 20.8 Å². The van der Waals surface area contributed by atoms with E-state index < -0.39 is 46.5 Å². The number of ether oxygens (including phenoxy) is 5. The van der Waals surface area contributed by atoms with Crippen LogP contribution in [-0.2, 0) is 23.7 Å². The van der Waals surface area contributed by atoms with Gasteiger partial charge in [0.2, 0.25) is 0 Å². The SMILES string of the molecule is C=C1O[C@](C)(CC)C(O)C(C)(OC)[C@@H]1O[C@]1(C)OC(CO)[C@H](C)[C@@](C)(OC)C1(C)O. The molecule has 176 valence electrons. The molecule has 2 aliphatic heterocycles. The second-order valence-electron chi connectivity index (χ2n) is 9.48. The zero-order valence-corrected chi connectivity index (χ0v) is 19.8. The van der Waals surface area contributed by atoms with Gasteiger partial charge in [0, 0.05) is 20.1 Å². The van der Waals surface area contributed by atoms with Crippen LogP contribution in [0.25, 0.3) is 0 Å². The third-order valence-electron chi connectivity index (χ3n) is 8.04. The fourth-order valence-corrected chi connectivity index (χ4v) is 4.85. The van der Waals surface area contributed by atoms with E-state index >= 15 is 0 Å². The normalized spacial score (nSPS) is 52.2. The van der Waals surface area contributed by atoms with Crippen LogP contribution >= 0.6 is 0 Å². The smallest absolute Gasteiger partial charge is 0.198 e. The number of hydrogen-bond donors (Lipinski definition) is 3. The van der Waals surface area contributed by atoms with E-state index in [1.807, 2.05) is 13.8 Å². The van der Waals surface area contributed by atoms with E-state index in [2.05, 4.69) is 6.58 Å². The molecule has 2 heterocycles. The lowest BCUT2D eigenvalue weighted by Gasteiger charge is -2.62. The summed E-state index contributed by atoms with van der Waals surface area (Å²) in [6.07, 6.45) is -2.15. The Hall–Kier alpha value is -0.740. The fraction of sp³-hybridized carbons (Fsp3) is 0.909. The summed E-state index contributed by atoms with van der Waals surface area (Å²) in [5.74, 6) is -1.73. The molecule has 8 nitrogen and oxygen atoms in total. The first kappa shape index (κ1) is 25.5. The van der Waals surface area contributed by atoms with Crippen molar-refractivity contribution in [2.45, 2.75) is 101 Å². The van der Waals surface area contributed by atoms with E-state index in [1.54, 1.807) is 34.6 Å². The minimum Gasteiger partial charge on any atom is -0.487 e. The highest BCUT2D eigenvalue weighted by Crippen LogP contribution is 2.52. The first-order chi connectivity index (χ1) is 13.6. The summed E-state index contributed by atoms with van der Waals surface area (Å²) in [7, 11) is 2.98. The van der Waals surface area contributed by atoms with Gasteiger partial charge < -0.3 is 39.0 Å². The second kappa shape index (κ2) is 7.99. The van der Waals surface area contributed by atoms with E-state index in [0.717, 1.165) is 0 Å². The van der Waals surface area contributed by atoms with Crippen molar-refractivity contribution >= 4 is 0 Å². The van der Waals surface area contributed by atoms with Gasteiger partial charge in [-0.2, -0.15) is 0 Å². The van der Waals surface area contributed by atoms with Gasteiger partial charge in [-0.25, -0.2) is 0 Å². The van der Waals surface area contributed by atoms with Crippen molar-refractivity contribution in [1.29, 1.82) is 0 Å². The van der Waals surface area contributed by atoms with E-state index in [4.69, 9.17) is 23.7 Å². The van der Waals surface area contributed by atoms with Gasteiger partial charge in [-0.15, -0.1) is 0 Å². The average Bonchev–Trinajstić information content (AvgIpc) is 2.71. The molecule has 0 radical (unpaired) electrons. The number of rotatable bonds is 6. The molecule has 4 unspecified atom stereocenters. The van der Waals surface area contributed by atoms with Crippen molar-refractivity contribution in [1.82, 2.24) is 0 Å². The highest BCUT2D eigenvalue weighted by atomic mass is 16.7. The summed E-state index contributed by atoms with van der Waals surface area (Å²) in [6, 6.07) is 0. The average molecular weight is 433 g/mol. The topological polar surface area (TPSA) is 107 Å². The molecule has 0 bridgehead atoms. The molecule has 2 saturated heterocycles. The summed E-state index contributed by atoms with van der Waals surface area (Å²) in [6.45, 7) is 15.9. The van der Waals surface area contributed by atoms with Crippen molar-refractivity contribution in [3.05, 3.63) is 12.3 Å². The summed E-state index contributed by atoms with van der Waals surface area (Å²) >= 11 is 0. The third kappa shape index (κ3) is 3.32. The quantitative estimate of drug-likeness (QED) is 0.583. The Kier molecular flexibility index (Phi) is 6.80. The molecule has 9 atom stereocenters. The summed E-state index contributed by atoms with van der Waals surface area (Å²) < 4.78 is 30.0. The summed E-state index contributed by atoms with van der Waals surface area (Å²) in [4.78, 5) is 0. The van der Waals surface area contributed by atoms with Gasteiger partial charge in [-0.3, -0.25) is 0 Å². The predicted octanol–water partition coefficient (Wildman–Crippen LogP) is 1.75. The molecule has 0 spiro atoms. The van der Waals surface area contributed by atoms with Gasteiger partial charge in [0.15, 0.2) is 5.79 Å². The molecule has 3 N–H and O–H groups in total. The maximum Gasteiger partial charge on any atom is 0.198 e. The molecule has 0 aromatic heterocycles. The molecule has 0 aromatic carbocycles.